The molecule has 10 aromatic carbocycles. The number of pyridine rings is 1. The van der Waals surface area contributed by atoms with E-state index in [0.29, 0.717) is 0 Å². The van der Waals surface area contributed by atoms with Gasteiger partial charge in [-0.05, 0) is 80.2 Å². The van der Waals surface area contributed by atoms with Crippen LogP contribution >= 0.6 is 0 Å². The van der Waals surface area contributed by atoms with Crippen LogP contribution in [0.25, 0.3) is 83.4 Å². The summed E-state index contributed by atoms with van der Waals surface area (Å²) in [5.74, 6) is 0.814. The van der Waals surface area contributed by atoms with Crippen molar-refractivity contribution in [2.75, 3.05) is 0 Å². The molecule has 72 heavy (non-hydrogen) atoms. The summed E-state index contributed by atoms with van der Waals surface area (Å²) >= 11 is 0. The van der Waals surface area contributed by atoms with Gasteiger partial charge in [0.2, 0.25) is 0 Å². The van der Waals surface area contributed by atoms with E-state index in [2.05, 4.69) is 293 Å². The van der Waals surface area contributed by atoms with Gasteiger partial charge in [-0.2, -0.15) is 34.9 Å². The van der Waals surface area contributed by atoms with Crippen molar-refractivity contribution in [2.45, 2.75) is 5.41 Å². The number of hydrogen-bond acceptors (Lipinski definition) is 1. The smallest absolute Gasteiger partial charge is 0.168 e. The molecule has 0 radical (unpaired) electrons. The molecule has 0 saturated heterocycles. The Morgan fingerprint density at radius 3 is 1.57 bits per heavy atom. The molecule has 0 amide bonds. The predicted octanol–water partition coefficient (Wildman–Crippen LogP) is 16.2. The Kier molecular flexibility index (Phi) is 11.7. The monoisotopic (exact) mass is 1100 g/mol. The van der Waals surface area contributed by atoms with Crippen LogP contribution in [0.5, 0.6) is 0 Å². The average molecular weight is 1100 g/mol. The Bertz CT molecular complexity index is 3940. The summed E-state index contributed by atoms with van der Waals surface area (Å²) in [6.07, 6.45) is 4.14. The van der Waals surface area contributed by atoms with Gasteiger partial charge in [0.1, 0.15) is 11.5 Å². The molecule has 344 valence electrons. The van der Waals surface area contributed by atoms with Crippen molar-refractivity contribution in [3.63, 3.8) is 0 Å². The summed E-state index contributed by atoms with van der Waals surface area (Å²) in [5, 5.41) is 2.24. The zero-order chi connectivity index (χ0) is 47.1. The van der Waals surface area contributed by atoms with Gasteiger partial charge in [-0.3, -0.25) is 0 Å². The SMILES string of the molecule is [Pt].[c-]1c(-n2[cH+]n(-c3ccccc3)c3ccccc32)cccc1C(c1[c-]c2c(cc1)c1ccccc1n2-c1cc(-c2c(-c3ccccc3)cccc2-c2ccccc2)ccn1)(c1ccccc1)c1ccccc1. The van der Waals surface area contributed by atoms with E-state index in [1.807, 2.05) is 6.20 Å². The van der Waals surface area contributed by atoms with E-state index in [9.17, 15) is 0 Å². The molecule has 0 N–H and O–H groups in total. The fourth-order valence-electron chi connectivity index (χ4n) is 10.8. The summed E-state index contributed by atoms with van der Waals surface area (Å²) < 4.78 is 6.82. The van der Waals surface area contributed by atoms with E-state index in [1.165, 1.54) is 0 Å². The molecule has 0 bridgehead atoms. The van der Waals surface area contributed by atoms with Crippen molar-refractivity contribution in [3.05, 3.63) is 308 Å². The normalized spacial score (nSPS) is 11.5. The van der Waals surface area contributed by atoms with E-state index < -0.39 is 5.41 Å². The summed E-state index contributed by atoms with van der Waals surface area (Å²) in [4.78, 5) is 5.20. The number of rotatable bonds is 10. The van der Waals surface area contributed by atoms with Crippen LogP contribution in [0.1, 0.15) is 22.3 Å². The second kappa shape index (κ2) is 18.9. The number of para-hydroxylation sites is 4. The van der Waals surface area contributed by atoms with Gasteiger partial charge in [0.25, 0.3) is 0 Å². The topological polar surface area (TPSA) is 27.7 Å². The molecule has 13 rings (SSSR count). The van der Waals surface area contributed by atoms with Crippen LogP contribution in [-0.4, -0.2) is 18.7 Å². The summed E-state index contributed by atoms with van der Waals surface area (Å²) in [5.41, 5.74) is 16.5. The van der Waals surface area contributed by atoms with Crippen LogP contribution in [0.15, 0.2) is 273 Å². The Morgan fingerprint density at radius 1 is 0.403 bits per heavy atom. The minimum Gasteiger partial charge on any atom is -0.319 e. The van der Waals surface area contributed by atoms with Gasteiger partial charge in [0.05, 0.1) is 0 Å². The first-order valence-electron chi connectivity index (χ1n) is 24.1. The molecule has 3 aromatic heterocycles. The van der Waals surface area contributed by atoms with E-state index in [4.69, 9.17) is 4.98 Å². The second-order valence-corrected chi connectivity index (χ2v) is 18.0. The number of benzene rings is 10. The van der Waals surface area contributed by atoms with Crippen LogP contribution in [0.4, 0.5) is 0 Å². The molecule has 0 aliphatic carbocycles. The minimum absolute atomic E-state index is 0. The summed E-state index contributed by atoms with van der Waals surface area (Å²) in [6.45, 7) is 0. The average Bonchev–Trinajstić information content (AvgIpc) is 4.01. The van der Waals surface area contributed by atoms with Crippen molar-refractivity contribution in [2.24, 2.45) is 0 Å². The number of aromatic nitrogens is 4. The Hall–Kier alpha value is -8.69. The molecular weight excluding hydrogens is 1060 g/mol. The molecule has 0 fully saturated rings. The molecule has 0 unspecified atom stereocenters. The third kappa shape index (κ3) is 7.51. The first-order chi connectivity index (χ1) is 35.2. The standard InChI is InChI=1S/C67H45N4.Pt/c1-6-22-48(23-7-1)57-35-21-36-58(49-24-8-2-9-25-49)66(57)50-42-43-68-65(44-50)71-61-37-17-16-34-59(61)60-41-40-54(46-64(60)71)67(51-26-10-3-11-27-51,52-28-12-4-13-29-52)53-30-20-33-56(45-53)70-47-69(55-31-14-5-15-32-55)62-38-18-19-39-63(62)70;/h1-44,47H;/q-1;. The molecular formula is C67H45N4Pt-. The van der Waals surface area contributed by atoms with E-state index in [1.54, 1.807) is 0 Å². The molecule has 13 aromatic rings. The minimum atomic E-state index is -0.846. The molecule has 4 nitrogen and oxygen atoms in total. The summed E-state index contributed by atoms with van der Waals surface area (Å²) in [7, 11) is 0. The van der Waals surface area contributed by atoms with Crippen LogP contribution in [0.3, 0.4) is 0 Å². The third-order valence-corrected chi connectivity index (χ3v) is 14.0. The molecule has 0 atom stereocenters. The zero-order valence-corrected chi connectivity index (χ0v) is 41.4. The zero-order valence-electron chi connectivity index (χ0n) is 39.1. The number of fused-ring (bicyclic) bond motifs is 4. The molecule has 0 spiro atoms. The number of imidazole rings is 1. The van der Waals surface area contributed by atoms with Gasteiger partial charge in [-0.1, -0.05) is 194 Å². The van der Waals surface area contributed by atoms with Gasteiger partial charge in [-0.25, -0.2) is 9.55 Å². The largest absolute Gasteiger partial charge is 0.319 e. The Morgan fingerprint density at radius 2 is 0.931 bits per heavy atom. The van der Waals surface area contributed by atoms with Gasteiger partial charge in [0, 0.05) is 56.0 Å². The van der Waals surface area contributed by atoms with Crippen LogP contribution in [0, 0.1) is 12.1 Å². The first-order valence-corrected chi connectivity index (χ1v) is 24.1. The third-order valence-electron chi connectivity index (χ3n) is 14.0. The second-order valence-electron chi connectivity index (χ2n) is 18.0. The van der Waals surface area contributed by atoms with Gasteiger partial charge in [0.15, 0.2) is 17.4 Å². The molecule has 0 aliphatic rings. The molecule has 0 aliphatic heterocycles. The van der Waals surface area contributed by atoms with Gasteiger partial charge < -0.3 is 4.57 Å². The Balaban J connectivity index is 0.00000530. The number of hydrogen-bond donors (Lipinski definition) is 0. The maximum absolute atomic E-state index is 5.20. The Labute approximate surface area is 433 Å². The maximum Gasteiger partial charge on any atom is 0.168 e. The van der Waals surface area contributed by atoms with Crippen molar-refractivity contribution >= 4 is 32.8 Å². The van der Waals surface area contributed by atoms with Crippen LogP contribution < -0.4 is 0 Å². The first kappa shape index (κ1) is 44.5. The van der Waals surface area contributed by atoms with Gasteiger partial charge >= 0.3 is 0 Å². The van der Waals surface area contributed by atoms with Crippen molar-refractivity contribution < 1.29 is 21.1 Å². The van der Waals surface area contributed by atoms with E-state index in [-0.39, 0.29) is 21.1 Å². The maximum atomic E-state index is 5.20. The molecule has 5 heteroatoms. The molecule has 0 saturated carbocycles. The van der Waals surface area contributed by atoms with Crippen LogP contribution in [-0.2, 0) is 26.5 Å². The van der Waals surface area contributed by atoms with Gasteiger partial charge in [-0.15, -0.1) is 28.6 Å². The number of nitrogens with zero attached hydrogens (tertiary/aromatic N) is 4. The van der Waals surface area contributed by atoms with E-state index in [0.717, 1.165) is 106 Å². The molecule has 3 heterocycles. The summed E-state index contributed by atoms with van der Waals surface area (Å²) in [6, 6.07) is 101. The van der Waals surface area contributed by atoms with Crippen molar-refractivity contribution in [1.29, 1.82) is 0 Å². The predicted molar refractivity (Wildman–Crippen MR) is 291 cm³/mol. The van der Waals surface area contributed by atoms with Crippen molar-refractivity contribution in [3.8, 4) is 50.6 Å². The fraction of sp³-hybridized carbons (Fsp3) is 0.0149. The van der Waals surface area contributed by atoms with Crippen molar-refractivity contribution in [1.82, 2.24) is 18.7 Å². The quantitative estimate of drug-likeness (QED) is 0.0991. The van der Waals surface area contributed by atoms with Crippen LogP contribution in [0.2, 0.25) is 0 Å². The fourth-order valence-corrected chi connectivity index (χ4v) is 10.8. The van der Waals surface area contributed by atoms with E-state index >= 15 is 0 Å².